The Balaban J connectivity index is 1.89. The van der Waals surface area contributed by atoms with Crippen molar-refractivity contribution in [1.82, 2.24) is 10.6 Å². The maximum absolute atomic E-state index is 12.2. The molecule has 0 aromatic heterocycles. The van der Waals surface area contributed by atoms with Gasteiger partial charge < -0.3 is 20.1 Å². The van der Waals surface area contributed by atoms with Crippen molar-refractivity contribution in [3.8, 4) is 11.5 Å². The van der Waals surface area contributed by atoms with E-state index in [4.69, 9.17) is 9.47 Å². The fraction of sp³-hybridized carbons (Fsp3) is 0.471. The van der Waals surface area contributed by atoms with Crippen LogP contribution in [0.5, 0.6) is 11.5 Å². The maximum atomic E-state index is 12.2. The second-order valence-electron chi connectivity index (χ2n) is 5.37. The first-order valence-corrected chi connectivity index (χ1v) is 7.65. The molecule has 1 heterocycles. The highest BCUT2D eigenvalue weighted by Crippen LogP contribution is 2.28. The lowest BCUT2D eigenvalue weighted by molar-refractivity contribution is 0.0951. The van der Waals surface area contributed by atoms with Crippen molar-refractivity contribution in [1.29, 1.82) is 0 Å². The second-order valence-corrected chi connectivity index (χ2v) is 5.37. The largest absolute Gasteiger partial charge is 0.493 e. The molecule has 5 heteroatoms. The monoisotopic (exact) mass is 304 g/mol. The van der Waals surface area contributed by atoms with Crippen molar-refractivity contribution >= 4 is 5.91 Å². The minimum absolute atomic E-state index is 0.0838. The molecule has 1 aliphatic heterocycles. The molecule has 0 bridgehead atoms. The van der Waals surface area contributed by atoms with E-state index in [9.17, 15) is 4.79 Å². The Morgan fingerprint density at radius 1 is 1.50 bits per heavy atom. The Morgan fingerprint density at radius 2 is 2.36 bits per heavy atom. The number of hydrogen-bond donors (Lipinski definition) is 2. The first-order valence-electron chi connectivity index (χ1n) is 7.65. The molecule has 0 saturated carbocycles. The summed E-state index contributed by atoms with van der Waals surface area (Å²) in [5, 5.41) is 6.29. The zero-order valence-corrected chi connectivity index (χ0v) is 13.1. The van der Waals surface area contributed by atoms with Crippen LogP contribution >= 0.6 is 0 Å². The highest BCUT2D eigenvalue weighted by atomic mass is 16.5. The Morgan fingerprint density at radius 3 is 3.05 bits per heavy atom. The van der Waals surface area contributed by atoms with E-state index < -0.39 is 0 Å². The normalized spacial score (nSPS) is 17.0. The first-order chi connectivity index (χ1) is 10.7. The lowest BCUT2D eigenvalue weighted by atomic mass is 10.1. The summed E-state index contributed by atoms with van der Waals surface area (Å²) in [4.78, 5) is 12.2. The zero-order valence-electron chi connectivity index (χ0n) is 13.1. The van der Waals surface area contributed by atoms with Crippen LogP contribution < -0.4 is 20.1 Å². The topological polar surface area (TPSA) is 59.6 Å². The van der Waals surface area contributed by atoms with Crippen molar-refractivity contribution in [3.05, 3.63) is 36.4 Å². The smallest absolute Gasteiger partial charge is 0.251 e. The molecular weight excluding hydrogens is 280 g/mol. The van der Waals surface area contributed by atoms with Crippen molar-refractivity contribution in [2.24, 2.45) is 5.92 Å². The van der Waals surface area contributed by atoms with Crippen LogP contribution in [0.3, 0.4) is 0 Å². The minimum Gasteiger partial charge on any atom is -0.493 e. The second kappa shape index (κ2) is 8.44. The summed E-state index contributed by atoms with van der Waals surface area (Å²) in [5.41, 5.74) is 0.576. The molecule has 1 saturated heterocycles. The van der Waals surface area contributed by atoms with Gasteiger partial charge in [0.05, 0.1) is 7.11 Å². The van der Waals surface area contributed by atoms with E-state index in [2.05, 4.69) is 17.2 Å². The number of carbonyl (C=O) groups is 1. The zero-order chi connectivity index (χ0) is 15.8. The molecule has 2 N–H and O–H groups in total. The number of amides is 1. The van der Waals surface area contributed by atoms with E-state index in [0.717, 1.165) is 19.5 Å². The van der Waals surface area contributed by atoms with Gasteiger partial charge in [0, 0.05) is 12.1 Å². The fourth-order valence-electron chi connectivity index (χ4n) is 2.53. The van der Waals surface area contributed by atoms with E-state index in [1.54, 1.807) is 31.4 Å². The number of ether oxygens (including phenoxy) is 2. The van der Waals surface area contributed by atoms with Gasteiger partial charge in [-0.2, -0.15) is 0 Å². The maximum Gasteiger partial charge on any atom is 0.251 e. The van der Waals surface area contributed by atoms with Gasteiger partial charge >= 0.3 is 0 Å². The van der Waals surface area contributed by atoms with E-state index in [1.165, 1.54) is 6.42 Å². The highest BCUT2D eigenvalue weighted by Gasteiger charge is 2.15. The summed E-state index contributed by atoms with van der Waals surface area (Å²) in [5.74, 6) is 1.74. The SMILES string of the molecule is C=CCOc1ccc(C(=O)NCCC2CCNC2)cc1OC. The third kappa shape index (κ3) is 4.49. The predicted molar refractivity (Wildman–Crippen MR) is 86.6 cm³/mol. The molecule has 0 spiro atoms. The third-order valence-electron chi connectivity index (χ3n) is 3.78. The standard InChI is InChI=1S/C17H24N2O3/c1-3-10-22-15-5-4-14(11-16(15)21-2)17(20)19-9-7-13-6-8-18-12-13/h3-5,11,13,18H,1,6-10,12H2,2H3,(H,19,20). The lowest BCUT2D eigenvalue weighted by Gasteiger charge is -2.12. The molecule has 1 aliphatic rings. The van der Waals surface area contributed by atoms with E-state index >= 15 is 0 Å². The first kappa shape index (κ1) is 16.4. The average molecular weight is 304 g/mol. The molecule has 1 aromatic carbocycles. The van der Waals surface area contributed by atoms with Crippen molar-refractivity contribution in [2.45, 2.75) is 12.8 Å². The molecule has 5 nitrogen and oxygen atoms in total. The van der Waals surface area contributed by atoms with Gasteiger partial charge in [-0.15, -0.1) is 0 Å². The summed E-state index contributed by atoms with van der Waals surface area (Å²) in [6, 6.07) is 5.19. The molecule has 120 valence electrons. The number of nitrogens with one attached hydrogen (secondary N) is 2. The van der Waals surface area contributed by atoms with Gasteiger partial charge in [0.2, 0.25) is 0 Å². The van der Waals surface area contributed by atoms with Crippen LogP contribution in [0.15, 0.2) is 30.9 Å². The molecule has 1 fully saturated rings. The summed E-state index contributed by atoms with van der Waals surface area (Å²) in [6.45, 7) is 6.85. The third-order valence-corrected chi connectivity index (χ3v) is 3.78. The van der Waals surface area contributed by atoms with Crippen LogP contribution in [0, 0.1) is 5.92 Å². The van der Waals surface area contributed by atoms with Gasteiger partial charge in [0.15, 0.2) is 11.5 Å². The summed E-state index contributed by atoms with van der Waals surface area (Å²) >= 11 is 0. The Labute approximate surface area is 131 Å². The predicted octanol–water partition coefficient (Wildman–Crippen LogP) is 1.99. The molecule has 1 aromatic rings. The van der Waals surface area contributed by atoms with Crippen LogP contribution in [-0.2, 0) is 0 Å². The summed E-state index contributed by atoms with van der Waals surface area (Å²) < 4.78 is 10.8. The number of rotatable bonds is 8. The van der Waals surface area contributed by atoms with Crippen LogP contribution in [0.2, 0.25) is 0 Å². The van der Waals surface area contributed by atoms with Gasteiger partial charge in [-0.3, -0.25) is 4.79 Å². The van der Waals surface area contributed by atoms with Gasteiger partial charge in [-0.05, 0) is 50.0 Å². The molecule has 1 unspecified atom stereocenters. The Bertz CT molecular complexity index is 511. The average Bonchev–Trinajstić information content (AvgIpc) is 3.06. The number of benzene rings is 1. The fourth-order valence-corrected chi connectivity index (χ4v) is 2.53. The van der Waals surface area contributed by atoms with Gasteiger partial charge in [0.1, 0.15) is 6.61 Å². The van der Waals surface area contributed by atoms with E-state index in [1.807, 2.05) is 0 Å². The van der Waals surface area contributed by atoms with Crippen molar-refractivity contribution < 1.29 is 14.3 Å². The quantitative estimate of drug-likeness (QED) is 0.721. The van der Waals surface area contributed by atoms with Gasteiger partial charge in [-0.1, -0.05) is 12.7 Å². The van der Waals surface area contributed by atoms with Crippen LogP contribution in [0.25, 0.3) is 0 Å². The molecular formula is C17H24N2O3. The molecule has 1 atom stereocenters. The molecule has 1 amide bonds. The number of hydrogen-bond acceptors (Lipinski definition) is 4. The summed E-state index contributed by atoms with van der Waals surface area (Å²) in [6.07, 6.45) is 3.87. The van der Waals surface area contributed by atoms with Crippen molar-refractivity contribution in [2.75, 3.05) is 33.4 Å². The van der Waals surface area contributed by atoms with Crippen molar-refractivity contribution in [3.63, 3.8) is 0 Å². The van der Waals surface area contributed by atoms with Crippen LogP contribution in [0.1, 0.15) is 23.2 Å². The number of carbonyl (C=O) groups excluding carboxylic acids is 1. The van der Waals surface area contributed by atoms with E-state index in [0.29, 0.717) is 36.1 Å². The van der Waals surface area contributed by atoms with Crippen LogP contribution in [-0.4, -0.2) is 39.3 Å². The Hall–Kier alpha value is -2.01. The van der Waals surface area contributed by atoms with Gasteiger partial charge in [0.25, 0.3) is 5.91 Å². The molecule has 2 rings (SSSR count). The lowest BCUT2D eigenvalue weighted by Crippen LogP contribution is -2.26. The molecule has 0 radical (unpaired) electrons. The molecule has 22 heavy (non-hydrogen) atoms. The highest BCUT2D eigenvalue weighted by molar-refractivity contribution is 5.94. The number of methoxy groups -OCH3 is 1. The summed E-state index contributed by atoms with van der Waals surface area (Å²) in [7, 11) is 1.56. The Kier molecular flexibility index (Phi) is 6.27. The molecule has 0 aliphatic carbocycles. The van der Waals surface area contributed by atoms with Gasteiger partial charge in [-0.25, -0.2) is 0 Å². The van der Waals surface area contributed by atoms with E-state index in [-0.39, 0.29) is 5.91 Å². The van der Waals surface area contributed by atoms with Crippen LogP contribution in [0.4, 0.5) is 0 Å². The minimum atomic E-state index is -0.0838.